The molecule has 1 unspecified atom stereocenters. The molecule has 0 N–H and O–H groups in total. The first kappa shape index (κ1) is 27.5. The standard InChI is InChI=1S/C30H41NO5Si/c1-21(32)25-18-22(27(26-20-34-26)31(25)28(33)36-29(2,3)4)19-35-37(30(5,6)7,23-14-10-8-11-15-23)24-16-12-9-13-17-24/h8-17,22,25-27H,18-20H2,1-7H3/t22-,25+,26?,27+/m0/s1. The highest BCUT2D eigenvalue weighted by molar-refractivity contribution is 6.99. The lowest BCUT2D eigenvalue weighted by atomic mass is 9.97. The second-order valence-corrected chi connectivity index (χ2v) is 16.7. The fourth-order valence-corrected chi connectivity index (χ4v) is 10.4. The van der Waals surface area contributed by atoms with Crippen LogP contribution in [0, 0.1) is 5.92 Å². The molecule has 2 aliphatic heterocycles. The Labute approximate surface area is 222 Å². The molecule has 7 heteroatoms. The average molecular weight is 524 g/mol. The monoisotopic (exact) mass is 523 g/mol. The van der Waals surface area contributed by atoms with Crippen molar-refractivity contribution >= 4 is 30.6 Å². The lowest BCUT2D eigenvalue weighted by molar-refractivity contribution is -0.121. The highest BCUT2D eigenvalue weighted by Crippen LogP contribution is 2.41. The van der Waals surface area contributed by atoms with Gasteiger partial charge in [-0.2, -0.15) is 0 Å². The van der Waals surface area contributed by atoms with Crippen LogP contribution >= 0.6 is 0 Å². The maximum absolute atomic E-state index is 13.3. The molecule has 2 heterocycles. The van der Waals surface area contributed by atoms with Crippen molar-refractivity contribution in [1.29, 1.82) is 0 Å². The zero-order valence-corrected chi connectivity index (χ0v) is 24.2. The molecule has 0 bridgehead atoms. The minimum atomic E-state index is -2.76. The molecule has 0 saturated carbocycles. The number of ether oxygens (including phenoxy) is 2. The molecule has 2 aromatic carbocycles. The van der Waals surface area contributed by atoms with Crippen molar-refractivity contribution in [2.45, 2.75) is 83.7 Å². The largest absolute Gasteiger partial charge is 0.444 e. The number of rotatable bonds is 7. The van der Waals surface area contributed by atoms with Gasteiger partial charge in [0.1, 0.15) is 11.7 Å². The van der Waals surface area contributed by atoms with Crippen molar-refractivity contribution in [3.63, 3.8) is 0 Å². The summed E-state index contributed by atoms with van der Waals surface area (Å²) in [4.78, 5) is 27.7. The Morgan fingerprint density at radius 1 is 0.946 bits per heavy atom. The molecule has 200 valence electrons. The van der Waals surface area contributed by atoms with E-state index in [4.69, 9.17) is 13.9 Å². The minimum Gasteiger partial charge on any atom is -0.444 e. The second kappa shape index (κ2) is 10.3. The molecular formula is C30H41NO5Si. The van der Waals surface area contributed by atoms with E-state index in [9.17, 15) is 9.59 Å². The smallest absolute Gasteiger partial charge is 0.411 e. The van der Waals surface area contributed by atoms with Crippen LogP contribution in [0.4, 0.5) is 4.79 Å². The van der Waals surface area contributed by atoms with E-state index in [1.165, 1.54) is 10.4 Å². The molecule has 2 aromatic rings. The number of carbonyl (C=O) groups is 2. The molecule has 1 amide bonds. The van der Waals surface area contributed by atoms with Gasteiger partial charge in [0.2, 0.25) is 0 Å². The van der Waals surface area contributed by atoms with Gasteiger partial charge in [-0.3, -0.25) is 9.69 Å². The second-order valence-electron chi connectivity index (χ2n) is 12.3. The van der Waals surface area contributed by atoms with E-state index < -0.39 is 26.1 Å². The van der Waals surface area contributed by atoms with Crippen molar-refractivity contribution in [2.24, 2.45) is 5.92 Å². The van der Waals surface area contributed by atoms with Crippen LogP contribution in [0.5, 0.6) is 0 Å². The summed E-state index contributed by atoms with van der Waals surface area (Å²) in [5.41, 5.74) is -0.656. The maximum atomic E-state index is 13.3. The number of likely N-dealkylation sites (tertiary alicyclic amines) is 1. The molecule has 2 saturated heterocycles. The van der Waals surface area contributed by atoms with E-state index in [0.29, 0.717) is 19.6 Å². The normalized spacial score (nSPS) is 24.1. The first-order valence-electron chi connectivity index (χ1n) is 13.2. The number of hydrogen-bond donors (Lipinski definition) is 0. The van der Waals surface area contributed by atoms with Crippen molar-refractivity contribution < 1.29 is 23.5 Å². The van der Waals surface area contributed by atoms with Gasteiger partial charge in [-0.15, -0.1) is 0 Å². The SMILES string of the molecule is CC(=O)[C@H]1C[C@@H](CO[Si](c2ccccc2)(c2ccccc2)C(C)(C)C)[C@H](C2CO2)N1C(=O)OC(C)(C)C. The molecule has 0 radical (unpaired) electrons. The van der Waals surface area contributed by atoms with Crippen LogP contribution in [0.25, 0.3) is 0 Å². The highest BCUT2D eigenvalue weighted by Gasteiger charge is 2.56. The minimum absolute atomic E-state index is 0.0375. The Morgan fingerprint density at radius 3 is 1.86 bits per heavy atom. The molecule has 37 heavy (non-hydrogen) atoms. The summed E-state index contributed by atoms with van der Waals surface area (Å²) >= 11 is 0. The average Bonchev–Trinajstić information content (AvgIpc) is 3.58. The van der Waals surface area contributed by atoms with Gasteiger partial charge in [0.05, 0.1) is 18.7 Å². The number of epoxide rings is 1. The zero-order valence-electron chi connectivity index (χ0n) is 23.2. The van der Waals surface area contributed by atoms with Crippen LogP contribution in [0.2, 0.25) is 5.04 Å². The number of nitrogens with zero attached hydrogens (tertiary/aromatic N) is 1. The van der Waals surface area contributed by atoms with Gasteiger partial charge in [-0.05, 0) is 49.5 Å². The lowest BCUT2D eigenvalue weighted by Crippen LogP contribution is -2.67. The summed E-state index contributed by atoms with van der Waals surface area (Å²) in [6.07, 6.45) is -0.0251. The first-order chi connectivity index (χ1) is 17.3. The Hall–Kier alpha value is -2.48. The summed E-state index contributed by atoms with van der Waals surface area (Å²) < 4.78 is 18.7. The van der Waals surface area contributed by atoms with Crippen LogP contribution in [-0.2, 0) is 18.7 Å². The van der Waals surface area contributed by atoms with Gasteiger partial charge in [-0.1, -0.05) is 81.4 Å². The number of amides is 1. The summed E-state index contributed by atoms with van der Waals surface area (Å²) in [6.45, 7) is 14.8. The van der Waals surface area contributed by atoms with E-state index in [0.717, 1.165) is 0 Å². The third-order valence-corrected chi connectivity index (χ3v) is 12.4. The summed E-state index contributed by atoms with van der Waals surface area (Å²) in [6, 6.07) is 20.2. The van der Waals surface area contributed by atoms with E-state index in [2.05, 4.69) is 69.3 Å². The van der Waals surface area contributed by atoms with Gasteiger partial charge in [0.15, 0.2) is 5.78 Å². The quantitative estimate of drug-likeness (QED) is 0.394. The number of hydrogen-bond acceptors (Lipinski definition) is 5. The molecule has 2 fully saturated rings. The van der Waals surface area contributed by atoms with Gasteiger partial charge < -0.3 is 13.9 Å². The van der Waals surface area contributed by atoms with Gasteiger partial charge in [-0.25, -0.2) is 4.79 Å². The molecular weight excluding hydrogens is 482 g/mol. The summed E-state index contributed by atoms with van der Waals surface area (Å²) in [5, 5.41) is 2.25. The van der Waals surface area contributed by atoms with Crippen LogP contribution < -0.4 is 10.4 Å². The Bertz CT molecular complexity index is 1050. The Balaban J connectivity index is 1.71. The number of ketones is 1. The van der Waals surface area contributed by atoms with Crippen LogP contribution in [-0.4, -0.2) is 62.1 Å². The topological polar surface area (TPSA) is 68.4 Å². The Kier molecular flexibility index (Phi) is 7.71. The van der Waals surface area contributed by atoms with Crippen molar-refractivity contribution in [3.8, 4) is 0 Å². The molecule has 0 aliphatic carbocycles. The van der Waals surface area contributed by atoms with Gasteiger partial charge in [0.25, 0.3) is 8.32 Å². The fourth-order valence-electron chi connectivity index (χ4n) is 5.80. The number of carbonyl (C=O) groups excluding carboxylic acids is 2. The predicted molar refractivity (Wildman–Crippen MR) is 148 cm³/mol. The zero-order chi connectivity index (χ0) is 27.0. The molecule has 4 atom stereocenters. The van der Waals surface area contributed by atoms with E-state index in [1.54, 1.807) is 11.8 Å². The predicted octanol–water partition coefficient (Wildman–Crippen LogP) is 4.55. The van der Waals surface area contributed by atoms with Crippen molar-refractivity contribution in [2.75, 3.05) is 13.2 Å². The molecule has 2 aliphatic rings. The van der Waals surface area contributed by atoms with Crippen LogP contribution in [0.15, 0.2) is 60.7 Å². The highest BCUT2D eigenvalue weighted by atomic mass is 28.4. The van der Waals surface area contributed by atoms with Gasteiger partial charge in [0, 0.05) is 12.5 Å². The summed E-state index contributed by atoms with van der Waals surface area (Å²) in [7, 11) is -2.76. The van der Waals surface area contributed by atoms with E-state index in [1.807, 2.05) is 32.9 Å². The van der Waals surface area contributed by atoms with Crippen LogP contribution in [0.1, 0.15) is 54.9 Å². The van der Waals surface area contributed by atoms with Crippen LogP contribution in [0.3, 0.4) is 0 Å². The third kappa shape index (κ3) is 5.69. The molecule has 0 aromatic heterocycles. The Morgan fingerprint density at radius 2 is 1.46 bits per heavy atom. The molecule has 6 nitrogen and oxygen atoms in total. The molecule has 0 spiro atoms. The summed E-state index contributed by atoms with van der Waals surface area (Å²) in [5.74, 6) is -0.0833. The third-order valence-electron chi connectivity index (χ3n) is 7.41. The molecule has 4 rings (SSSR count). The number of Topliss-reactive ketones (excluding diaryl/α,β-unsaturated/α-hetero) is 1. The first-order valence-corrected chi connectivity index (χ1v) is 15.1. The van der Waals surface area contributed by atoms with Crippen molar-refractivity contribution in [3.05, 3.63) is 60.7 Å². The van der Waals surface area contributed by atoms with Crippen molar-refractivity contribution in [1.82, 2.24) is 4.90 Å². The van der Waals surface area contributed by atoms with E-state index >= 15 is 0 Å². The van der Waals surface area contributed by atoms with Gasteiger partial charge >= 0.3 is 6.09 Å². The lowest BCUT2D eigenvalue weighted by Gasteiger charge is -2.44. The number of benzene rings is 2. The van der Waals surface area contributed by atoms with E-state index in [-0.39, 0.29) is 28.9 Å². The fraction of sp³-hybridized carbons (Fsp3) is 0.533. The maximum Gasteiger partial charge on any atom is 0.411 e.